The third kappa shape index (κ3) is 4.47. The molecule has 0 atom stereocenters. The van der Waals surface area contributed by atoms with Crippen molar-refractivity contribution < 1.29 is 31.5 Å². The fraction of sp³-hybridized carbons (Fsp3) is 0.333. The van der Waals surface area contributed by atoms with Crippen LogP contribution in [0.4, 0.5) is 22.0 Å². The summed E-state index contributed by atoms with van der Waals surface area (Å²) in [5.74, 6) is -3.56. The van der Waals surface area contributed by atoms with Crippen LogP contribution in [0.3, 0.4) is 0 Å². The molecule has 0 bridgehead atoms. The first-order chi connectivity index (χ1) is 14.0. The highest BCUT2D eigenvalue weighted by Gasteiger charge is 2.34. The Morgan fingerprint density at radius 1 is 1.17 bits per heavy atom. The summed E-state index contributed by atoms with van der Waals surface area (Å²) in [6.07, 6.45) is -1.67. The molecule has 3 heterocycles. The summed E-state index contributed by atoms with van der Waals surface area (Å²) in [6, 6.07) is 4.47. The number of carbonyl (C=O) groups is 1. The van der Waals surface area contributed by atoms with Crippen LogP contribution in [0.2, 0.25) is 0 Å². The highest BCUT2D eigenvalue weighted by atomic mass is 19.4. The predicted octanol–water partition coefficient (Wildman–Crippen LogP) is 3.74. The smallest absolute Gasteiger partial charge is 0.408 e. The van der Waals surface area contributed by atoms with Gasteiger partial charge in [-0.25, -0.2) is 4.68 Å². The van der Waals surface area contributed by atoms with Crippen LogP contribution >= 0.6 is 0 Å². The van der Waals surface area contributed by atoms with Crippen molar-refractivity contribution in [2.24, 2.45) is 7.05 Å². The maximum Gasteiger partial charge on any atom is 0.408 e. The second-order valence-corrected chi connectivity index (χ2v) is 6.49. The fourth-order valence-electron chi connectivity index (χ4n) is 2.89. The van der Waals surface area contributed by atoms with Crippen molar-refractivity contribution in [1.82, 2.24) is 24.5 Å². The molecule has 0 aliphatic heterocycles. The minimum Gasteiger partial charge on any atom is -0.472 e. The number of alkyl halides is 5. The lowest BCUT2D eigenvalue weighted by molar-refractivity contribution is -0.142. The van der Waals surface area contributed by atoms with E-state index in [-0.39, 0.29) is 30.2 Å². The van der Waals surface area contributed by atoms with Crippen LogP contribution in [0.25, 0.3) is 11.4 Å². The number of carbonyl (C=O) groups excluding carboxylic acids is 1. The Morgan fingerprint density at radius 3 is 2.53 bits per heavy atom. The molecule has 0 fully saturated rings. The lowest BCUT2D eigenvalue weighted by Crippen LogP contribution is -2.19. The number of aldehydes is 1. The molecule has 0 saturated carbocycles. The summed E-state index contributed by atoms with van der Waals surface area (Å²) in [5.41, 5.74) is -0.491. The van der Waals surface area contributed by atoms with E-state index in [1.54, 1.807) is 12.1 Å². The molecule has 0 aromatic carbocycles. The Kier molecular flexibility index (Phi) is 5.59. The van der Waals surface area contributed by atoms with Gasteiger partial charge >= 0.3 is 6.18 Å². The first-order valence-corrected chi connectivity index (χ1v) is 8.57. The van der Waals surface area contributed by atoms with E-state index in [4.69, 9.17) is 4.74 Å². The number of pyridine rings is 1. The summed E-state index contributed by atoms with van der Waals surface area (Å²) < 4.78 is 73.1. The molecule has 160 valence electrons. The Bertz CT molecular complexity index is 1050. The Hall–Kier alpha value is -3.31. The molecule has 0 aliphatic carbocycles. The lowest BCUT2D eigenvalue weighted by Gasteiger charge is -2.13. The van der Waals surface area contributed by atoms with Crippen molar-refractivity contribution in [3.63, 3.8) is 0 Å². The van der Waals surface area contributed by atoms with Crippen LogP contribution in [0, 0.1) is 0 Å². The number of aromatic nitrogens is 5. The Morgan fingerprint density at radius 2 is 1.90 bits per heavy atom. The summed E-state index contributed by atoms with van der Waals surface area (Å²) in [6.45, 7) is -0.958. The van der Waals surface area contributed by atoms with Crippen molar-refractivity contribution in [2.45, 2.75) is 32.2 Å². The van der Waals surface area contributed by atoms with Crippen molar-refractivity contribution >= 4 is 6.29 Å². The number of ether oxygens (including phenoxy) is 1. The predicted molar refractivity (Wildman–Crippen MR) is 94.0 cm³/mol. The van der Waals surface area contributed by atoms with Gasteiger partial charge in [-0.15, -0.1) is 0 Å². The largest absolute Gasteiger partial charge is 0.472 e. The van der Waals surface area contributed by atoms with E-state index in [2.05, 4.69) is 15.2 Å². The number of rotatable bonds is 7. The standard InChI is InChI=1S/C18H16F5N5O2/c1-17(19,20)15-12(8-29)16(27(2)26-15)30-9-11-4-3-6-24-14(11)13-5-7-25-28(13)10-18(21,22)23/h3-8H,9-10H2,1-2H3. The minimum atomic E-state index is -4.48. The summed E-state index contributed by atoms with van der Waals surface area (Å²) in [5, 5.41) is 7.33. The van der Waals surface area contributed by atoms with Crippen molar-refractivity contribution in [3.8, 4) is 17.3 Å². The third-order valence-corrected chi connectivity index (χ3v) is 4.11. The van der Waals surface area contributed by atoms with Crippen molar-refractivity contribution in [1.29, 1.82) is 0 Å². The second-order valence-electron chi connectivity index (χ2n) is 6.49. The van der Waals surface area contributed by atoms with Gasteiger partial charge in [0, 0.05) is 31.9 Å². The van der Waals surface area contributed by atoms with Gasteiger partial charge < -0.3 is 4.74 Å². The monoisotopic (exact) mass is 429 g/mol. The molecule has 0 spiro atoms. The molecule has 0 aliphatic rings. The third-order valence-electron chi connectivity index (χ3n) is 4.11. The Balaban J connectivity index is 1.93. The van der Waals surface area contributed by atoms with Crippen LogP contribution in [0.1, 0.15) is 28.5 Å². The molecule has 30 heavy (non-hydrogen) atoms. The molecule has 0 amide bonds. The van der Waals surface area contributed by atoms with Crippen LogP contribution in [0.15, 0.2) is 30.6 Å². The SMILES string of the molecule is Cn1nc(C(C)(F)F)c(C=O)c1OCc1cccnc1-c1ccnn1CC(F)(F)F. The highest BCUT2D eigenvalue weighted by Crippen LogP contribution is 2.33. The average molecular weight is 429 g/mol. The molecular weight excluding hydrogens is 413 g/mol. The van der Waals surface area contributed by atoms with Gasteiger partial charge in [0.1, 0.15) is 24.4 Å². The van der Waals surface area contributed by atoms with Crippen LogP contribution in [0.5, 0.6) is 5.88 Å². The highest BCUT2D eigenvalue weighted by molar-refractivity contribution is 5.80. The lowest BCUT2D eigenvalue weighted by atomic mass is 10.1. The van der Waals surface area contributed by atoms with E-state index in [1.807, 2.05) is 0 Å². The zero-order valence-corrected chi connectivity index (χ0v) is 15.8. The molecule has 3 aromatic rings. The molecule has 3 aromatic heterocycles. The Labute approximate surface area is 167 Å². The normalized spacial score (nSPS) is 12.2. The van der Waals surface area contributed by atoms with Gasteiger partial charge in [-0.05, 0) is 12.1 Å². The minimum absolute atomic E-state index is 0.105. The molecule has 3 rings (SSSR count). The summed E-state index contributed by atoms with van der Waals surface area (Å²) >= 11 is 0. The summed E-state index contributed by atoms with van der Waals surface area (Å²) in [4.78, 5) is 15.5. The summed E-state index contributed by atoms with van der Waals surface area (Å²) in [7, 11) is 1.33. The van der Waals surface area contributed by atoms with Crippen LogP contribution < -0.4 is 4.74 Å². The first kappa shape index (κ1) is 21.4. The molecule has 0 saturated heterocycles. The van der Waals surface area contributed by atoms with E-state index in [1.165, 1.54) is 25.5 Å². The number of halogens is 5. The van der Waals surface area contributed by atoms with Gasteiger partial charge in [-0.2, -0.15) is 32.1 Å². The second kappa shape index (κ2) is 7.84. The molecule has 0 radical (unpaired) electrons. The van der Waals surface area contributed by atoms with Gasteiger partial charge in [-0.3, -0.25) is 14.5 Å². The van der Waals surface area contributed by atoms with Gasteiger partial charge in [0.25, 0.3) is 5.92 Å². The van der Waals surface area contributed by atoms with Crippen molar-refractivity contribution in [3.05, 3.63) is 47.4 Å². The van der Waals surface area contributed by atoms with E-state index >= 15 is 0 Å². The van der Waals surface area contributed by atoms with E-state index < -0.39 is 29.9 Å². The zero-order chi connectivity index (χ0) is 22.1. The maximum absolute atomic E-state index is 13.7. The van der Waals surface area contributed by atoms with E-state index in [0.29, 0.717) is 12.5 Å². The topological polar surface area (TPSA) is 74.8 Å². The van der Waals surface area contributed by atoms with Gasteiger partial charge in [0.2, 0.25) is 5.88 Å². The fourth-order valence-corrected chi connectivity index (χ4v) is 2.89. The quantitative estimate of drug-likeness (QED) is 0.423. The number of nitrogens with zero attached hydrogens (tertiary/aromatic N) is 5. The van der Waals surface area contributed by atoms with Crippen LogP contribution in [-0.4, -0.2) is 37.0 Å². The molecule has 0 unspecified atom stereocenters. The number of hydrogen-bond acceptors (Lipinski definition) is 5. The first-order valence-electron chi connectivity index (χ1n) is 8.57. The van der Waals surface area contributed by atoms with Gasteiger partial charge in [0.05, 0.1) is 11.4 Å². The molecule has 12 heteroatoms. The number of hydrogen-bond donors (Lipinski definition) is 0. The van der Waals surface area contributed by atoms with Gasteiger partial charge in [-0.1, -0.05) is 6.07 Å². The molecule has 0 N–H and O–H groups in total. The van der Waals surface area contributed by atoms with Crippen LogP contribution in [-0.2, 0) is 26.1 Å². The zero-order valence-electron chi connectivity index (χ0n) is 15.8. The number of aryl methyl sites for hydroxylation is 1. The van der Waals surface area contributed by atoms with Gasteiger partial charge in [0.15, 0.2) is 6.29 Å². The molecule has 7 nitrogen and oxygen atoms in total. The van der Waals surface area contributed by atoms with E-state index in [9.17, 15) is 26.7 Å². The average Bonchev–Trinajstić information content (AvgIpc) is 3.22. The van der Waals surface area contributed by atoms with E-state index in [0.717, 1.165) is 9.36 Å². The molecular formula is C18H16F5N5O2. The maximum atomic E-state index is 13.7. The van der Waals surface area contributed by atoms with Crippen molar-refractivity contribution in [2.75, 3.05) is 0 Å².